The molecule has 34 heavy (non-hydrogen) atoms. The summed E-state index contributed by atoms with van der Waals surface area (Å²) in [7, 11) is 3.09. The monoisotopic (exact) mass is 463 g/mol. The summed E-state index contributed by atoms with van der Waals surface area (Å²) in [6.07, 6.45) is -0.0515. The minimum atomic E-state index is -0.745. The van der Waals surface area contributed by atoms with Gasteiger partial charge in [0.2, 0.25) is 5.88 Å². The standard InChI is InChI=1S/C25H22FN3O5/c1-15(18-6-4-5-7-20(18)26)33-25(30)29-16-8-10-17(11-9-16)34-24-19-12-22(31-2)23(32-3)13-21(19)27-14-28-24/h4-15H,1-3H3,(H,29,30). The van der Waals surface area contributed by atoms with Crippen LogP contribution in [0.4, 0.5) is 14.9 Å². The molecule has 0 saturated heterocycles. The van der Waals surface area contributed by atoms with Gasteiger partial charge in [0.25, 0.3) is 0 Å². The zero-order chi connectivity index (χ0) is 24.1. The molecule has 0 saturated carbocycles. The molecule has 1 atom stereocenters. The SMILES string of the molecule is COc1cc2ncnc(Oc3ccc(NC(=O)OC(C)c4ccccc4F)cc3)c2cc1OC. The highest BCUT2D eigenvalue weighted by atomic mass is 19.1. The van der Waals surface area contributed by atoms with Crippen molar-refractivity contribution in [1.82, 2.24) is 9.97 Å². The molecule has 174 valence electrons. The van der Waals surface area contributed by atoms with Crippen LogP contribution in [0.1, 0.15) is 18.6 Å². The fourth-order valence-corrected chi connectivity index (χ4v) is 3.33. The molecule has 1 amide bonds. The van der Waals surface area contributed by atoms with Crippen molar-refractivity contribution in [3.63, 3.8) is 0 Å². The van der Waals surface area contributed by atoms with Crippen LogP contribution in [0.25, 0.3) is 10.9 Å². The number of nitrogens with one attached hydrogen (secondary N) is 1. The van der Waals surface area contributed by atoms with Gasteiger partial charge in [0.05, 0.1) is 25.1 Å². The van der Waals surface area contributed by atoms with E-state index < -0.39 is 18.0 Å². The van der Waals surface area contributed by atoms with Crippen molar-refractivity contribution < 1.29 is 28.1 Å². The smallest absolute Gasteiger partial charge is 0.412 e. The number of hydrogen-bond donors (Lipinski definition) is 1. The van der Waals surface area contributed by atoms with E-state index in [1.54, 1.807) is 75.7 Å². The van der Waals surface area contributed by atoms with Crippen molar-refractivity contribution in [2.24, 2.45) is 0 Å². The quantitative estimate of drug-likeness (QED) is 0.365. The first-order chi connectivity index (χ1) is 16.5. The van der Waals surface area contributed by atoms with Gasteiger partial charge in [0.15, 0.2) is 11.5 Å². The number of fused-ring (bicyclic) bond motifs is 1. The number of hydrogen-bond acceptors (Lipinski definition) is 7. The number of carbonyl (C=O) groups excluding carboxylic acids is 1. The maximum Gasteiger partial charge on any atom is 0.412 e. The summed E-state index contributed by atoms with van der Waals surface area (Å²) in [5.74, 6) is 1.47. The first-order valence-corrected chi connectivity index (χ1v) is 10.3. The lowest BCUT2D eigenvalue weighted by molar-refractivity contribution is 0.119. The summed E-state index contributed by atoms with van der Waals surface area (Å²) in [5.41, 5.74) is 1.41. The van der Waals surface area contributed by atoms with Crippen LogP contribution in [-0.4, -0.2) is 30.3 Å². The highest BCUT2D eigenvalue weighted by Gasteiger charge is 2.16. The van der Waals surface area contributed by atoms with Gasteiger partial charge < -0.3 is 18.9 Å². The second kappa shape index (κ2) is 10.0. The summed E-state index contributed by atoms with van der Waals surface area (Å²) in [4.78, 5) is 20.7. The van der Waals surface area contributed by atoms with Crippen LogP contribution < -0.4 is 19.5 Å². The van der Waals surface area contributed by atoms with Gasteiger partial charge in [-0.2, -0.15) is 0 Å². The van der Waals surface area contributed by atoms with E-state index in [0.29, 0.717) is 45.3 Å². The number of nitrogens with zero attached hydrogens (tertiary/aromatic N) is 2. The molecule has 1 heterocycles. The summed E-state index contributed by atoms with van der Waals surface area (Å²) in [6.45, 7) is 1.60. The lowest BCUT2D eigenvalue weighted by Gasteiger charge is -2.15. The molecule has 4 aromatic rings. The fourth-order valence-electron chi connectivity index (χ4n) is 3.33. The zero-order valence-corrected chi connectivity index (χ0v) is 18.7. The second-order valence-corrected chi connectivity index (χ2v) is 7.22. The predicted octanol–water partition coefficient (Wildman–Crippen LogP) is 5.89. The predicted molar refractivity (Wildman–Crippen MR) is 124 cm³/mol. The summed E-state index contributed by atoms with van der Waals surface area (Å²) < 4.78 is 35.7. The van der Waals surface area contributed by atoms with Gasteiger partial charge in [-0.15, -0.1) is 0 Å². The number of ether oxygens (including phenoxy) is 4. The Kier molecular flexibility index (Phi) is 6.72. The topological polar surface area (TPSA) is 91.8 Å². The van der Waals surface area contributed by atoms with E-state index in [1.165, 1.54) is 12.4 Å². The normalized spacial score (nSPS) is 11.5. The van der Waals surface area contributed by atoms with Crippen molar-refractivity contribution in [1.29, 1.82) is 0 Å². The van der Waals surface area contributed by atoms with Crippen LogP contribution in [0.2, 0.25) is 0 Å². The number of aromatic nitrogens is 2. The molecular weight excluding hydrogens is 441 g/mol. The first kappa shape index (κ1) is 22.8. The molecule has 0 aliphatic rings. The molecule has 3 aromatic carbocycles. The van der Waals surface area contributed by atoms with Crippen LogP contribution in [0, 0.1) is 5.82 Å². The summed E-state index contributed by atoms with van der Waals surface area (Å²) >= 11 is 0. The van der Waals surface area contributed by atoms with Gasteiger partial charge in [-0.25, -0.2) is 19.2 Å². The molecule has 0 spiro atoms. The molecule has 4 rings (SSSR count). The van der Waals surface area contributed by atoms with Gasteiger partial charge in [-0.1, -0.05) is 18.2 Å². The molecule has 1 N–H and O–H groups in total. The molecule has 1 unspecified atom stereocenters. The Morgan fingerprint density at radius 1 is 0.971 bits per heavy atom. The van der Waals surface area contributed by atoms with Crippen LogP contribution in [0.5, 0.6) is 23.1 Å². The van der Waals surface area contributed by atoms with Crippen molar-refractivity contribution in [2.75, 3.05) is 19.5 Å². The highest BCUT2D eigenvalue weighted by molar-refractivity contribution is 5.87. The largest absolute Gasteiger partial charge is 0.493 e. The van der Waals surface area contributed by atoms with E-state index >= 15 is 0 Å². The minimum absolute atomic E-state index is 0.299. The molecule has 0 aliphatic carbocycles. The maximum atomic E-state index is 13.9. The van der Waals surface area contributed by atoms with E-state index in [4.69, 9.17) is 18.9 Å². The van der Waals surface area contributed by atoms with Gasteiger partial charge in [-0.3, -0.25) is 5.32 Å². The molecular formula is C25H22FN3O5. The number of rotatable bonds is 7. The van der Waals surface area contributed by atoms with E-state index in [-0.39, 0.29) is 0 Å². The van der Waals surface area contributed by atoms with E-state index in [2.05, 4.69) is 15.3 Å². The van der Waals surface area contributed by atoms with Crippen LogP contribution >= 0.6 is 0 Å². The van der Waals surface area contributed by atoms with Crippen molar-refractivity contribution in [3.8, 4) is 23.1 Å². The van der Waals surface area contributed by atoms with E-state index in [1.807, 2.05) is 0 Å². The fraction of sp³-hybridized carbons (Fsp3) is 0.160. The van der Waals surface area contributed by atoms with Crippen molar-refractivity contribution in [2.45, 2.75) is 13.0 Å². The lowest BCUT2D eigenvalue weighted by Crippen LogP contribution is -2.16. The number of benzene rings is 3. The Hall–Kier alpha value is -4.40. The Morgan fingerprint density at radius 3 is 2.38 bits per heavy atom. The third-order valence-corrected chi connectivity index (χ3v) is 5.05. The van der Waals surface area contributed by atoms with Crippen molar-refractivity contribution in [3.05, 3.63) is 78.4 Å². The molecule has 9 heteroatoms. The number of halogens is 1. The number of methoxy groups -OCH3 is 2. The van der Waals surface area contributed by atoms with Crippen LogP contribution in [0.3, 0.4) is 0 Å². The van der Waals surface area contributed by atoms with Gasteiger partial charge in [0, 0.05) is 17.3 Å². The Morgan fingerprint density at radius 2 is 1.68 bits per heavy atom. The third kappa shape index (κ3) is 4.98. The van der Waals surface area contributed by atoms with Crippen LogP contribution in [0.15, 0.2) is 67.0 Å². The Labute approximate surface area is 195 Å². The van der Waals surface area contributed by atoms with Gasteiger partial charge in [0.1, 0.15) is 24.0 Å². The van der Waals surface area contributed by atoms with E-state index in [0.717, 1.165) is 0 Å². The summed E-state index contributed by atoms with van der Waals surface area (Å²) in [5, 5.41) is 3.26. The molecule has 0 aliphatic heterocycles. The molecule has 0 fully saturated rings. The average molecular weight is 463 g/mol. The highest BCUT2D eigenvalue weighted by Crippen LogP contribution is 2.35. The molecule has 0 bridgehead atoms. The molecule has 0 radical (unpaired) electrons. The lowest BCUT2D eigenvalue weighted by atomic mass is 10.1. The Bertz CT molecular complexity index is 1310. The van der Waals surface area contributed by atoms with Crippen LogP contribution in [-0.2, 0) is 4.74 Å². The first-order valence-electron chi connectivity index (χ1n) is 10.3. The number of carbonyl (C=O) groups is 1. The summed E-state index contributed by atoms with van der Waals surface area (Å²) in [6, 6.07) is 16.3. The molecule has 8 nitrogen and oxygen atoms in total. The maximum absolute atomic E-state index is 13.9. The average Bonchev–Trinajstić information content (AvgIpc) is 2.84. The Balaban J connectivity index is 1.44. The van der Waals surface area contributed by atoms with Gasteiger partial charge >= 0.3 is 6.09 Å². The van der Waals surface area contributed by atoms with Crippen molar-refractivity contribution >= 4 is 22.7 Å². The number of amides is 1. The zero-order valence-electron chi connectivity index (χ0n) is 18.7. The van der Waals surface area contributed by atoms with Gasteiger partial charge in [-0.05, 0) is 43.3 Å². The second-order valence-electron chi connectivity index (χ2n) is 7.22. The minimum Gasteiger partial charge on any atom is -0.493 e. The third-order valence-electron chi connectivity index (χ3n) is 5.05. The van der Waals surface area contributed by atoms with E-state index in [9.17, 15) is 9.18 Å². The number of anilines is 1. The molecule has 1 aromatic heterocycles.